The van der Waals surface area contributed by atoms with E-state index in [1.807, 2.05) is 0 Å². The number of ether oxygens (including phenoxy) is 2. The Bertz CT molecular complexity index is 1720. The monoisotopic (exact) mass is 1210 g/mol. The second-order valence-electron chi connectivity index (χ2n) is 23.7. The van der Waals surface area contributed by atoms with Crippen molar-refractivity contribution >= 4 is 19.8 Å². The largest absolute Gasteiger partial charge is 0.472 e. The zero-order valence-electron chi connectivity index (χ0n) is 55.3. The first-order valence-corrected chi connectivity index (χ1v) is 37.2. The molecule has 0 saturated carbocycles. The highest BCUT2D eigenvalue weighted by Gasteiger charge is 2.26. The minimum Gasteiger partial charge on any atom is -0.462 e. The molecule has 0 heterocycles. The van der Waals surface area contributed by atoms with Gasteiger partial charge in [-0.3, -0.25) is 18.6 Å². The van der Waals surface area contributed by atoms with E-state index in [2.05, 4.69) is 111 Å². The maximum Gasteiger partial charge on any atom is 0.472 e. The summed E-state index contributed by atoms with van der Waals surface area (Å²) >= 11 is 0. The van der Waals surface area contributed by atoms with Crippen LogP contribution in [0.2, 0.25) is 0 Å². The summed E-state index contributed by atoms with van der Waals surface area (Å²) in [5.74, 6) is -0.832. The molecule has 85 heavy (non-hydrogen) atoms. The van der Waals surface area contributed by atoms with Gasteiger partial charge in [-0.15, -0.1) is 0 Å². The smallest absolute Gasteiger partial charge is 0.462 e. The van der Waals surface area contributed by atoms with Gasteiger partial charge in [0, 0.05) is 19.4 Å². The maximum absolute atomic E-state index is 12.7. The molecule has 9 nitrogen and oxygen atoms in total. The second kappa shape index (κ2) is 70.0. The summed E-state index contributed by atoms with van der Waals surface area (Å²) in [5.41, 5.74) is 5.40. The van der Waals surface area contributed by atoms with E-state index in [1.54, 1.807) is 0 Å². The average Bonchev–Trinajstić information content (AvgIpc) is 3.52. The summed E-state index contributed by atoms with van der Waals surface area (Å²) in [4.78, 5) is 35.3. The number of hydrogen-bond acceptors (Lipinski definition) is 8. The molecule has 0 aromatic heterocycles. The summed E-state index contributed by atoms with van der Waals surface area (Å²) < 4.78 is 33.1. The molecule has 492 valence electrons. The van der Waals surface area contributed by atoms with E-state index in [9.17, 15) is 19.0 Å². The third kappa shape index (κ3) is 69.9. The van der Waals surface area contributed by atoms with Crippen molar-refractivity contribution in [2.24, 2.45) is 5.73 Å². The zero-order valence-corrected chi connectivity index (χ0v) is 56.2. The molecule has 0 rings (SSSR count). The molecule has 0 bridgehead atoms. The van der Waals surface area contributed by atoms with Crippen molar-refractivity contribution in [3.8, 4) is 0 Å². The van der Waals surface area contributed by atoms with E-state index in [0.717, 1.165) is 89.9 Å². The lowest BCUT2D eigenvalue weighted by atomic mass is 10.0. The van der Waals surface area contributed by atoms with E-state index < -0.39 is 26.5 Å². The first-order chi connectivity index (χ1) is 41.8. The molecule has 0 aromatic rings. The highest BCUT2D eigenvalue weighted by Crippen LogP contribution is 2.43. The standard InChI is InChI=1S/C75H134NO8P/c1-3-5-7-9-11-13-15-17-19-21-23-25-27-28-29-30-31-32-33-34-35-36-37-38-39-40-41-42-43-44-46-47-49-51-53-55-57-59-61-63-65-67-74(77)81-71-73(72-83-85(79,80)82-70-69-76)84-75(78)68-66-64-62-60-58-56-54-52-50-48-45-26-24-22-20-18-16-14-12-10-8-6-4-2/h6,8,12,14-15,17-18,20-21,23-24,26-28,48,50,73H,3-5,7,9-11,13,16,19,22,25,29-47,49,51-72,76H2,1-2H3,(H,79,80)/b8-6-,14-12-,17-15-,20-18-,23-21-,26-24-,28-27-,50-48-. The SMILES string of the molecule is CC/C=C\C/C=C\C/C=C\C/C=C\C/C=C\CCCCCCCCCC(=O)OC(COC(=O)CCCCCCCCCCCCCCCCCCCCCCCCCCCC/C=C\C/C=C\C/C=C\CCCCCCC)COP(=O)(O)OCCN. The molecular formula is C75H134NO8P. The van der Waals surface area contributed by atoms with Crippen LogP contribution in [0.15, 0.2) is 97.2 Å². The number of nitrogens with two attached hydrogens (primary N) is 1. The van der Waals surface area contributed by atoms with Crippen molar-refractivity contribution in [1.29, 1.82) is 0 Å². The van der Waals surface area contributed by atoms with Crippen LogP contribution in [0.3, 0.4) is 0 Å². The summed E-state index contributed by atoms with van der Waals surface area (Å²) in [5, 5.41) is 0. The molecule has 0 amide bonds. The molecule has 0 aromatic carbocycles. The van der Waals surface area contributed by atoms with Gasteiger partial charge >= 0.3 is 19.8 Å². The van der Waals surface area contributed by atoms with Crippen molar-refractivity contribution in [2.45, 2.75) is 341 Å². The highest BCUT2D eigenvalue weighted by molar-refractivity contribution is 7.47. The van der Waals surface area contributed by atoms with Crippen LogP contribution in [0.1, 0.15) is 335 Å². The zero-order chi connectivity index (χ0) is 61.6. The summed E-state index contributed by atoms with van der Waals surface area (Å²) in [6, 6.07) is 0. The molecule has 0 spiro atoms. The number of esters is 2. The van der Waals surface area contributed by atoms with Crippen LogP contribution in [0.5, 0.6) is 0 Å². The Morgan fingerprint density at radius 2 is 0.647 bits per heavy atom. The van der Waals surface area contributed by atoms with Gasteiger partial charge in [-0.05, 0) is 96.3 Å². The number of unbranched alkanes of at least 4 members (excludes halogenated alkanes) is 38. The molecule has 0 saturated heterocycles. The Balaban J connectivity index is 3.79. The molecule has 0 aliphatic rings. The van der Waals surface area contributed by atoms with Crippen LogP contribution >= 0.6 is 7.82 Å². The number of rotatable bonds is 67. The number of allylic oxidation sites excluding steroid dienone is 16. The van der Waals surface area contributed by atoms with Gasteiger partial charge in [0.05, 0.1) is 13.2 Å². The maximum atomic E-state index is 12.7. The predicted octanol–water partition coefficient (Wildman–Crippen LogP) is 23.5. The third-order valence-electron chi connectivity index (χ3n) is 15.5. The van der Waals surface area contributed by atoms with Crippen LogP contribution < -0.4 is 5.73 Å². The minimum absolute atomic E-state index is 0.0488. The Labute approximate surface area is 525 Å². The van der Waals surface area contributed by atoms with Crippen LogP contribution in [0.25, 0.3) is 0 Å². The van der Waals surface area contributed by atoms with E-state index in [0.29, 0.717) is 6.42 Å². The first kappa shape index (κ1) is 81.9. The molecule has 0 fully saturated rings. The van der Waals surface area contributed by atoms with Crippen molar-refractivity contribution in [1.82, 2.24) is 0 Å². The van der Waals surface area contributed by atoms with Gasteiger partial charge in [-0.1, -0.05) is 323 Å². The molecule has 0 aliphatic heterocycles. The molecular weight excluding hydrogens is 1070 g/mol. The minimum atomic E-state index is -4.40. The van der Waals surface area contributed by atoms with Crippen molar-refractivity contribution < 1.29 is 37.6 Å². The lowest BCUT2D eigenvalue weighted by Crippen LogP contribution is -2.29. The quantitative estimate of drug-likeness (QED) is 0.0264. The van der Waals surface area contributed by atoms with Crippen LogP contribution in [0, 0.1) is 0 Å². The Morgan fingerprint density at radius 3 is 0.965 bits per heavy atom. The number of carbonyl (C=O) groups excluding carboxylic acids is 2. The van der Waals surface area contributed by atoms with E-state index in [-0.39, 0.29) is 38.6 Å². The number of phosphoric acid groups is 1. The van der Waals surface area contributed by atoms with E-state index in [4.69, 9.17) is 24.3 Å². The van der Waals surface area contributed by atoms with E-state index >= 15 is 0 Å². The first-order valence-electron chi connectivity index (χ1n) is 35.7. The average molecular weight is 1210 g/mol. The molecule has 0 aliphatic carbocycles. The predicted molar refractivity (Wildman–Crippen MR) is 367 cm³/mol. The summed E-state index contributed by atoms with van der Waals surface area (Å²) in [7, 11) is -4.40. The molecule has 0 radical (unpaired) electrons. The lowest BCUT2D eigenvalue weighted by molar-refractivity contribution is -0.161. The molecule has 2 unspecified atom stereocenters. The summed E-state index contributed by atoms with van der Waals surface area (Å²) in [6.45, 7) is 3.64. The fourth-order valence-electron chi connectivity index (χ4n) is 10.2. The van der Waals surface area contributed by atoms with Crippen LogP contribution in [0.4, 0.5) is 0 Å². The van der Waals surface area contributed by atoms with Gasteiger partial charge in [0.15, 0.2) is 6.10 Å². The van der Waals surface area contributed by atoms with Gasteiger partial charge in [0.2, 0.25) is 0 Å². The highest BCUT2D eigenvalue weighted by atomic mass is 31.2. The third-order valence-corrected chi connectivity index (χ3v) is 16.4. The lowest BCUT2D eigenvalue weighted by Gasteiger charge is -2.19. The Morgan fingerprint density at radius 1 is 0.365 bits per heavy atom. The molecule has 2 atom stereocenters. The van der Waals surface area contributed by atoms with Gasteiger partial charge in [-0.2, -0.15) is 0 Å². The fraction of sp³-hybridized carbons (Fsp3) is 0.760. The van der Waals surface area contributed by atoms with Gasteiger partial charge in [-0.25, -0.2) is 4.57 Å². The normalized spacial score (nSPS) is 13.5. The number of hydrogen-bond donors (Lipinski definition) is 2. The topological polar surface area (TPSA) is 134 Å². The van der Waals surface area contributed by atoms with Gasteiger partial charge in [0.1, 0.15) is 6.61 Å². The van der Waals surface area contributed by atoms with Crippen molar-refractivity contribution in [3.63, 3.8) is 0 Å². The number of carbonyl (C=O) groups is 2. The second-order valence-corrected chi connectivity index (χ2v) is 25.2. The van der Waals surface area contributed by atoms with Crippen molar-refractivity contribution in [3.05, 3.63) is 97.2 Å². The number of phosphoric ester groups is 1. The molecule has 10 heteroatoms. The Kier molecular flexibility index (Phi) is 67.5. The summed E-state index contributed by atoms with van der Waals surface area (Å²) in [6.07, 6.45) is 95.2. The van der Waals surface area contributed by atoms with E-state index in [1.165, 1.54) is 212 Å². The van der Waals surface area contributed by atoms with Gasteiger partial charge < -0.3 is 20.1 Å². The Hall–Kier alpha value is -3.07. The van der Waals surface area contributed by atoms with Crippen LogP contribution in [-0.4, -0.2) is 49.3 Å². The van der Waals surface area contributed by atoms with Gasteiger partial charge in [0.25, 0.3) is 0 Å². The van der Waals surface area contributed by atoms with Crippen LogP contribution in [-0.2, 0) is 32.7 Å². The molecule has 3 N–H and O–H groups in total. The fourth-order valence-corrected chi connectivity index (χ4v) is 11.0. The van der Waals surface area contributed by atoms with Crippen molar-refractivity contribution in [2.75, 3.05) is 26.4 Å².